The summed E-state index contributed by atoms with van der Waals surface area (Å²) >= 11 is 0. The van der Waals surface area contributed by atoms with Crippen LogP contribution in [-0.2, 0) is 14.3 Å². The number of rotatable bonds is 10. The summed E-state index contributed by atoms with van der Waals surface area (Å²) in [6.07, 6.45) is 4.13. The number of hydrogen-bond donors (Lipinski definition) is 1. The normalized spacial score (nSPS) is 21.8. The Hall–Kier alpha value is -2.15. The Balaban J connectivity index is 1.27. The van der Waals surface area contributed by atoms with Gasteiger partial charge in [-0.05, 0) is 66.6 Å². The highest BCUT2D eigenvalue weighted by Crippen LogP contribution is 2.32. The van der Waals surface area contributed by atoms with E-state index in [1.54, 1.807) is 7.11 Å². The molecule has 0 spiro atoms. The van der Waals surface area contributed by atoms with Crippen molar-refractivity contribution in [3.63, 3.8) is 0 Å². The highest BCUT2D eigenvalue weighted by atomic mass is 16.7. The van der Waals surface area contributed by atoms with Crippen molar-refractivity contribution < 1.29 is 19.0 Å². The summed E-state index contributed by atoms with van der Waals surface area (Å²) in [6.45, 7) is 3.49. The largest absolute Gasteiger partial charge is 0.497 e. The van der Waals surface area contributed by atoms with Crippen molar-refractivity contribution in [3.8, 4) is 5.75 Å². The molecule has 162 valence electrons. The molecule has 1 amide bonds. The zero-order chi connectivity index (χ0) is 20.9. The van der Waals surface area contributed by atoms with Crippen LogP contribution in [-0.4, -0.2) is 57.1 Å². The smallest absolute Gasteiger partial charge is 0.231 e. The van der Waals surface area contributed by atoms with Gasteiger partial charge in [0.05, 0.1) is 26.9 Å². The molecule has 4 rings (SSSR count). The second-order valence-electron chi connectivity index (χ2n) is 8.51. The summed E-state index contributed by atoms with van der Waals surface area (Å²) in [4.78, 5) is 13.5. The topological polar surface area (TPSA) is 74.0 Å². The second kappa shape index (κ2) is 9.77. The number of carbonyl (C=O) groups excluding carboxylic acids is 1. The first-order valence-corrected chi connectivity index (χ1v) is 10.9. The Kier molecular flexibility index (Phi) is 6.87. The lowest BCUT2D eigenvalue weighted by molar-refractivity contribution is -0.190. The van der Waals surface area contributed by atoms with Gasteiger partial charge in [0.25, 0.3) is 0 Å². The Bertz CT molecular complexity index is 859. The SMILES string of the molecule is COc1ccc2c(C3COC(CCCN(CC(N)=O)CC4CC4)OC3)cccc2c1. The maximum absolute atomic E-state index is 11.3. The number of primary amides is 1. The number of nitrogens with zero attached hydrogens (tertiary/aromatic N) is 1. The fourth-order valence-electron chi connectivity index (χ4n) is 4.26. The van der Waals surface area contributed by atoms with Crippen molar-refractivity contribution >= 4 is 16.7 Å². The van der Waals surface area contributed by atoms with Crippen LogP contribution in [0, 0.1) is 5.92 Å². The van der Waals surface area contributed by atoms with Gasteiger partial charge in [-0.3, -0.25) is 9.69 Å². The predicted octanol–water partition coefficient (Wildman–Crippen LogP) is 3.28. The van der Waals surface area contributed by atoms with E-state index in [9.17, 15) is 4.79 Å². The Morgan fingerprint density at radius 2 is 2.00 bits per heavy atom. The van der Waals surface area contributed by atoms with Gasteiger partial charge in [0.15, 0.2) is 6.29 Å². The van der Waals surface area contributed by atoms with Crippen molar-refractivity contribution in [1.29, 1.82) is 0 Å². The predicted molar refractivity (Wildman–Crippen MR) is 117 cm³/mol. The number of fused-ring (bicyclic) bond motifs is 1. The number of hydrogen-bond acceptors (Lipinski definition) is 5. The van der Waals surface area contributed by atoms with Gasteiger partial charge in [-0.1, -0.05) is 24.3 Å². The summed E-state index contributed by atoms with van der Waals surface area (Å²) in [5.74, 6) is 1.58. The Labute approximate surface area is 178 Å². The van der Waals surface area contributed by atoms with Gasteiger partial charge in [-0.2, -0.15) is 0 Å². The average molecular weight is 413 g/mol. The van der Waals surface area contributed by atoms with E-state index in [-0.39, 0.29) is 18.1 Å². The van der Waals surface area contributed by atoms with Crippen LogP contribution in [0.3, 0.4) is 0 Å². The number of nitrogens with two attached hydrogens (primary N) is 1. The van der Waals surface area contributed by atoms with Crippen LogP contribution in [0.4, 0.5) is 0 Å². The van der Waals surface area contributed by atoms with E-state index in [1.807, 2.05) is 6.07 Å². The van der Waals surface area contributed by atoms with Crippen LogP contribution in [0.1, 0.15) is 37.2 Å². The van der Waals surface area contributed by atoms with Crippen LogP contribution in [0.25, 0.3) is 10.8 Å². The summed E-state index contributed by atoms with van der Waals surface area (Å²) in [7, 11) is 1.69. The first-order chi connectivity index (χ1) is 14.6. The first kappa shape index (κ1) is 21.1. The molecule has 2 fully saturated rings. The van der Waals surface area contributed by atoms with E-state index in [2.05, 4.69) is 35.2 Å². The quantitative estimate of drug-likeness (QED) is 0.648. The Morgan fingerprint density at radius 1 is 1.20 bits per heavy atom. The molecule has 1 aliphatic heterocycles. The van der Waals surface area contributed by atoms with Crippen LogP contribution in [0.5, 0.6) is 5.75 Å². The van der Waals surface area contributed by atoms with Crippen LogP contribution >= 0.6 is 0 Å². The monoisotopic (exact) mass is 412 g/mol. The summed E-state index contributed by atoms with van der Waals surface area (Å²) in [5, 5.41) is 2.38. The number of methoxy groups -OCH3 is 1. The number of carbonyl (C=O) groups is 1. The lowest BCUT2D eigenvalue weighted by Gasteiger charge is -2.31. The second-order valence-corrected chi connectivity index (χ2v) is 8.51. The molecule has 1 aliphatic carbocycles. The molecule has 0 radical (unpaired) electrons. The van der Waals surface area contributed by atoms with Gasteiger partial charge in [0.1, 0.15) is 5.75 Å². The van der Waals surface area contributed by atoms with E-state index >= 15 is 0 Å². The fourth-order valence-corrected chi connectivity index (χ4v) is 4.26. The number of benzene rings is 2. The van der Waals surface area contributed by atoms with Gasteiger partial charge >= 0.3 is 0 Å². The fraction of sp³-hybridized carbons (Fsp3) is 0.542. The molecule has 1 heterocycles. The van der Waals surface area contributed by atoms with Gasteiger partial charge in [0.2, 0.25) is 5.91 Å². The minimum atomic E-state index is -0.253. The van der Waals surface area contributed by atoms with Crippen molar-refractivity contribution in [2.45, 2.75) is 37.9 Å². The minimum absolute atomic E-state index is 0.173. The van der Waals surface area contributed by atoms with Crippen molar-refractivity contribution in [2.75, 3.05) is 40.0 Å². The zero-order valence-corrected chi connectivity index (χ0v) is 17.7. The zero-order valence-electron chi connectivity index (χ0n) is 17.7. The molecule has 0 unspecified atom stereocenters. The molecule has 2 aromatic carbocycles. The van der Waals surface area contributed by atoms with Gasteiger partial charge in [0, 0.05) is 12.5 Å². The van der Waals surface area contributed by atoms with E-state index in [1.165, 1.54) is 29.2 Å². The van der Waals surface area contributed by atoms with Crippen LogP contribution in [0.2, 0.25) is 0 Å². The maximum atomic E-state index is 11.3. The average Bonchev–Trinajstić information content (AvgIpc) is 3.57. The van der Waals surface area contributed by atoms with Crippen LogP contribution in [0.15, 0.2) is 36.4 Å². The molecule has 6 nitrogen and oxygen atoms in total. The van der Waals surface area contributed by atoms with E-state index in [0.29, 0.717) is 19.8 Å². The van der Waals surface area contributed by atoms with Crippen LogP contribution < -0.4 is 10.5 Å². The maximum Gasteiger partial charge on any atom is 0.231 e. The van der Waals surface area contributed by atoms with E-state index < -0.39 is 0 Å². The minimum Gasteiger partial charge on any atom is -0.497 e. The van der Waals surface area contributed by atoms with Gasteiger partial charge in [-0.25, -0.2) is 0 Å². The third-order valence-corrected chi connectivity index (χ3v) is 6.03. The van der Waals surface area contributed by atoms with Crippen molar-refractivity contribution in [3.05, 3.63) is 42.0 Å². The molecule has 0 aromatic heterocycles. The first-order valence-electron chi connectivity index (χ1n) is 10.9. The van der Waals surface area contributed by atoms with Crippen molar-refractivity contribution in [2.24, 2.45) is 11.7 Å². The molecule has 1 saturated carbocycles. The molecule has 0 bridgehead atoms. The highest BCUT2D eigenvalue weighted by Gasteiger charge is 2.27. The van der Waals surface area contributed by atoms with Gasteiger partial charge in [-0.15, -0.1) is 0 Å². The van der Waals surface area contributed by atoms with E-state index in [0.717, 1.165) is 37.6 Å². The molecule has 2 N–H and O–H groups in total. The molecule has 0 atom stereocenters. The molecular formula is C24H32N2O4. The van der Waals surface area contributed by atoms with Crippen molar-refractivity contribution in [1.82, 2.24) is 4.90 Å². The summed E-state index contributed by atoms with van der Waals surface area (Å²) < 4.78 is 17.4. The third-order valence-electron chi connectivity index (χ3n) is 6.03. The third kappa shape index (κ3) is 5.50. The molecule has 1 saturated heterocycles. The standard InChI is InChI=1S/C24H32N2O4/c1-28-20-9-10-22-18(12-20)4-2-5-21(22)19-15-29-24(30-16-19)6-3-11-26(14-23(25)27)13-17-7-8-17/h2,4-5,9-10,12,17,19,24H,3,6-8,11,13-16H2,1H3,(H2,25,27). The lowest BCUT2D eigenvalue weighted by Crippen LogP contribution is -2.37. The summed E-state index contributed by atoms with van der Waals surface area (Å²) in [6, 6.07) is 12.5. The summed E-state index contributed by atoms with van der Waals surface area (Å²) in [5.41, 5.74) is 6.65. The molecule has 2 aromatic rings. The van der Waals surface area contributed by atoms with E-state index in [4.69, 9.17) is 19.9 Å². The molecule has 30 heavy (non-hydrogen) atoms. The number of amides is 1. The molecular weight excluding hydrogens is 380 g/mol. The lowest BCUT2D eigenvalue weighted by atomic mass is 9.94. The van der Waals surface area contributed by atoms with Gasteiger partial charge < -0.3 is 19.9 Å². The Morgan fingerprint density at radius 3 is 2.70 bits per heavy atom. The molecule has 2 aliphatic rings. The number of ether oxygens (including phenoxy) is 3. The molecule has 6 heteroatoms. The highest BCUT2D eigenvalue weighted by molar-refractivity contribution is 5.87.